The van der Waals surface area contributed by atoms with Crippen LogP contribution < -0.4 is 5.73 Å². The van der Waals surface area contributed by atoms with Gasteiger partial charge >= 0.3 is 0 Å². The van der Waals surface area contributed by atoms with Crippen LogP contribution in [0.2, 0.25) is 0 Å². The largest absolute Gasteiger partial charge is 0.384 e. The van der Waals surface area contributed by atoms with Crippen molar-refractivity contribution in [1.82, 2.24) is 4.57 Å². The van der Waals surface area contributed by atoms with Crippen LogP contribution in [0.1, 0.15) is 5.56 Å². The predicted molar refractivity (Wildman–Crippen MR) is 80.3 cm³/mol. The maximum Gasteiger partial charge on any atom is 0.126 e. The lowest BCUT2D eigenvalue weighted by molar-refractivity contribution is 0.627. The average molecular weight is 277 g/mol. The van der Waals surface area contributed by atoms with Crippen molar-refractivity contribution in [3.05, 3.63) is 72.0 Å². The summed E-state index contributed by atoms with van der Waals surface area (Å²) in [7, 11) is 0. The molecule has 0 fully saturated rings. The Bertz CT molecular complexity index is 812. The maximum atomic E-state index is 13.1. The molecule has 0 amide bonds. The van der Waals surface area contributed by atoms with E-state index in [1.54, 1.807) is 22.8 Å². The first-order valence-electron chi connectivity index (χ1n) is 6.43. The molecule has 0 saturated carbocycles. The first kappa shape index (κ1) is 12.9. The molecular formula is C17H12FN3. The molecule has 0 saturated heterocycles. The minimum absolute atomic E-state index is 0.314. The maximum absolute atomic E-state index is 13.1. The molecule has 1 heterocycles. The summed E-state index contributed by atoms with van der Waals surface area (Å²) in [5, 5.41) is 9.19. The van der Waals surface area contributed by atoms with Gasteiger partial charge in [-0.05, 0) is 35.9 Å². The second-order valence-corrected chi connectivity index (χ2v) is 4.62. The van der Waals surface area contributed by atoms with Crippen LogP contribution in [0.3, 0.4) is 0 Å². The van der Waals surface area contributed by atoms with Crippen molar-refractivity contribution < 1.29 is 4.39 Å². The molecule has 0 aliphatic heterocycles. The van der Waals surface area contributed by atoms with Gasteiger partial charge in [-0.15, -0.1) is 0 Å². The van der Waals surface area contributed by atoms with Crippen LogP contribution >= 0.6 is 0 Å². The van der Waals surface area contributed by atoms with Gasteiger partial charge in [0, 0.05) is 5.69 Å². The minimum atomic E-state index is -0.314. The Morgan fingerprint density at radius 3 is 2.29 bits per heavy atom. The normalized spacial score (nSPS) is 10.3. The van der Waals surface area contributed by atoms with Crippen LogP contribution in [0.5, 0.6) is 0 Å². The number of anilines is 1. The van der Waals surface area contributed by atoms with Gasteiger partial charge in [-0.2, -0.15) is 5.26 Å². The molecule has 3 aromatic rings. The lowest BCUT2D eigenvalue weighted by atomic mass is 10.1. The lowest BCUT2D eigenvalue weighted by Gasteiger charge is -2.11. The summed E-state index contributed by atoms with van der Waals surface area (Å²) in [6.07, 6.45) is 0. The molecule has 0 bridgehead atoms. The van der Waals surface area contributed by atoms with E-state index in [0.29, 0.717) is 17.1 Å². The third kappa shape index (κ3) is 2.26. The topological polar surface area (TPSA) is 54.7 Å². The second kappa shape index (κ2) is 5.14. The summed E-state index contributed by atoms with van der Waals surface area (Å²) in [5.41, 5.74) is 8.93. The molecule has 4 heteroatoms. The second-order valence-electron chi connectivity index (χ2n) is 4.62. The monoisotopic (exact) mass is 277 g/mol. The average Bonchev–Trinajstić information content (AvgIpc) is 2.86. The highest BCUT2D eigenvalue weighted by Crippen LogP contribution is 2.30. The molecule has 2 aromatic carbocycles. The standard InChI is InChI=1S/C17H12FN3/c18-14-6-8-15(9-7-14)21-16(10-13(11-19)17(21)20)12-4-2-1-3-5-12/h1-10H,20H2. The number of nitrogens with zero attached hydrogens (tertiary/aromatic N) is 2. The fraction of sp³-hybridized carbons (Fsp3) is 0. The van der Waals surface area contributed by atoms with Crippen LogP contribution in [0.4, 0.5) is 10.2 Å². The molecule has 2 N–H and O–H groups in total. The van der Waals surface area contributed by atoms with Crippen LogP contribution in [-0.4, -0.2) is 4.57 Å². The number of nitrogens with two attached hydrogens (primary N) is 1. The third-order valence-corrected chi connectivity index (χ3v) is 3.31. The van der Waals surface area contributed by atoms with Gasteiger partial charge in [0.2, 0.25) is 0 Å². The molecule has 102 valence electrons. The highest BCUT2D eigenvalue weighted by atomic mass is 19.1. The number of nitrogen functional groups attached to an aromatic ring is 1. The Morgan fingerprint density at radius 1 is 1.00 bits per heavy atom. The Hall–Kier alpha value is -3.06. The van der Waals surface area contributed by atoms with Gasteiger partial charge in [0.15, 0.2) is 0 Å². The molecule has 3 nitrogen and oxygen atoms in total. The minimum Gasteiger partial charge on any atom is -0.384 e. The summed E-state index contributed by atoms with van der Waals surface area (Å²) in [5.74, 6) is 0.0363. The Morgan fingerprint density at radius 2 is 1.67 bits per heavy atom. The van der Waals surface area contributed by atoms with Crippen molar-refractivity contribution in [2.45, 2.75) is 0 Å². The number of hydrogen-bond donors (Lipinski definition) is 1. The number of hydrogen-bond acceptors (Lipinski definition) is 2. The SMILES string of the molecule is N#Cc1cc(-c2ccccc2)n(-c2ccc(F)cc2)c1N. The summed E-state index contributed by atoms with van der Waals surface area (Å²) in [4.78, 5) is 0. The Kier molecular flexibility index (Phi) is 3.17. The lowest BCUT2D eigenvalue weighted by Crippen LogP contribution is -2.02. The molecule has 0 aliphatic rings. The molecule has 3 rings (SSSR count). The van der Waals surface area contributed by atoms with E-state index >= 15 is 0 Å². The number of aromatic nitrogens is 1. The zero-order valence-electron chi connectivity index (χ0n) is 11.1. The highest BCUT2D eigenvalue weighted by molar-refractivity contribution is 5.72. The van der Waals surface area contributed by atoms with Gasteiger partial charge in [-0.25, -0.2) is 4.39 Å². The quantitative estimate of drug-likeness (QED) is 0.775. The zero-order valence-corrected chi connectivity index (χ0v) is 11.1. The summed E-state index contributed by atoms with van der Waals surface area (Å²) < 4.78 is 14.9. The van der Waals surface area contributed by atoms with Crippen molar-refractivity contribution in [2.75, 3.05) is 5.73 Å². The van der Waals surface area contributed by atoms with E-state index in [9.17, 15) is 9.65 Å². The van der Waals surface area contributed by atoms with Gasteiger partial charge < -0.3 is 5.73 Å². The smallest absolute Gasteiger partial charge is 0.126 e. The van der Waals surface area contributed by atoms with Gasteiger partial charge in [0.05, 0.1) is 11.3 Å². The van der Waals surface area contributed by atoms with Crippen molar-refractivity contribution >= 4 is 5.82 Å². The molecule has 1 aromatic heterocycles. The van der Waals surface area contributed by atoms with Gasteiger partial charge in [0.25, 0.3) is 0 Å². The van der Waals surface area contributed by atoms with Crippen molar-refractivity contribution in [3.8, 4) is 23.0 Å². The Labute approximate surface area is 121 Å². The zero-order chi connectivity index (χ0) is 14.8. The van der Waals surface area contributed by atoms with Crippen LogP contribution in [0, 0.1) is 17.1 Å². The number of benzene rings is 2. The van der Waals surface area contributed by atoms with E-state index in [1.807, 2.05) is 30.3 Å². The van der Waals surface area contributed by atoms with Gasteiger partial charge in [-0.3, -0.25) is 4.57 Å². The van der Waals surface area contributed by atoms with E-state index in [-0.39, 0.29) is 5.82 Å². The van der Waals surface area contributed by atoms with Crippen molar-refractivity contribution in [1.29, 1.82) is 5.26 Å². The molecule has 0 radical (unpaired) electrons. The van der Waals surface area contributed by atoms with Gasteiger partial charge in [0.1, 0.15) is 17.7 Å². The van der Waals surface area contributed by atoms with E-state index in [0.717, 1.165) is 11.3 Å². The summed E-state index contributed by atoms with van der Waals surface area (Å²) >= 11 is 0. The van der Waals surface area contributed by atoms with Crippen molar-refractivity contribution in [3.63, 3.8) is 0 Å². The van der Waals surface area contributed by atoms with Crippen LogP contribution in [0.15, 0.2) is 60.7 Å². The summed E-state index contributed by atoms with van der Waals surface area (Å²) in [6.45, 7) is 0. The first-order chi connectivity index (χ1) is 10.2. The molecule has 0 aliphatic carbocycles. The first-order valence-corrected chi connectivity index (χ1v) is 6.43. The van der Waals surface area contributed by atoms with Gasteiger partial charge in [-0.1, -0.05) is 30.3 Å². The molecule has 0 spiro atoms. The number of rotatable bonds is 2. The number of nitriles is 1. The molecule has 0 atom stereocenters. The van der Waals surface area contributed by atoms with E-state index in [1.165, 1.54) is 12.1 Å². The number of halogens is 1. The van der Waals surface area contributed by atoms with Crippen molar-refractivity contribution in [2.24, 2.45) is 0 Å². The van der Waals surface area contributed by atoms with Crippen LogP contribution in [0.25, 0.3) is 16.9 Å². The molecule has 0 unspecified atom stereocenters. The third-order valence-electron chi connectivity index (χ3n) is 3.31. The molecular weight excluding hydrogens is 265 g/mol. The predicted octanol–water partition coefficient (Wildman–Crippen LogP) is 3.74. The van der Waals surface area contributed by atoms with E-state index in [4.69, 9.17) is 5.73 Å². The summed E-state index contributed by atoms with van der Waals surface area (Å²) in [6, 6.07) is 19.5. The Balaban J connectivity index is 2.26. The van der Waals surface area contributed by atoms with Crippen LogP contribution in [-0.2, 0) is 0 Å². The van der Waals surface area contributed by atoms with E-state index < -0.39 is 0 Å². The fourth-order valence-electron chi connectivity index (χ4n) is 2.30. The molecule has 21 heavy (non-hydrogen) atoms. The highest BCUT2D eigenvalue weighted by Gasteiger charge is 2.15. The fourth-order valence-corrected chi connectivity index (χ4v) is 2.30. The van der Waals surface area contributed by atoms with E-state index in [2.05, 4.69) is 6.07 Å².